The zero-order chi connectivity index (χ0) is 11.7. The third-order valence-corrected chi connectivity index (χ3v) is 5.34. The van der Waals surface area contributed by atoms with Crippen LogP contribution in [0.15, 0.2) is 5.16 Å². The van der Waals surface area contributed by atoms with E-state index in [1.54, 1.807) is 0 Å². The third-order valence-electron chi connectivity index (χ3n) is 5.34. The third kappa shape index (κ3) is 2.35. The van der Waals surface area contributed by atoms with Crippen LogP contribution in [-0.4, -0.2) is 30.1 Å². The summed E-state index contributed by atoms with van der Waals surface area (Å²) >= 11 is 0. The van der Waals surface area contributed by atoms with Gasteiger partial charge in [0.2, 0.25) is 0 Å². The first-order chi connectivity index (χ1) is 8.36. The molecule has 0 amide bonds. The first-order valence-electron chi connectivity index (χ1n) is 7.41. The number of fused-ring (bicyclic) bond motifs is 1. The van der Waals surface area contributed by atoms with E-state index in [2.05, 4.69) is 5.16 Å². The van der Waals surface area contributed by atoms with Gasteiger partial charge >= 0.3 is 0 Å². The van der Waals surface area contributed by atoms with E-state index in [0.29, 0.717) is 0 Å². The molecule has 2 saturated carbocycles. The number of likely N-dealkylation sites (tertiary alicyclic amines) is 1. The zero-order valence-electron chi connectivity index (χ0n) is 10.7. The number of hydrogen-bond donors (Lipinski definition) is 2. The predicted molar refractivity (Wildman–Crippen MR) is 67.6 cm³/mol. The molecular weight excluding hydrogens is 212 g/mol. The monoisotopic (exact) mass is 237 g/mol. The average Bonchev–Trinajstić information content (AvgIpc) is 2.82. The van der Waals surface area contributed by atoms with Gasteiger partial charge in [0.05, 0.1) is 24.8 Å². The van der Waals surface area contributed by atoms with Gasteiger partial charge in [0.1, 0.15) is 0 Å². The van der Waals surface area contributed by atoms with Crippen LogP contribution in [-0.2, 0) is 0 Å². The molecule has 0 bridgehead atoms. The maximum absolute atomic E-state index is 8.91. The summed E-state index contributed by atoms with van der Waals surface area (Å²) in [7, 11) is 0. The summed E-state index contributed by atoms with van der Waals surface area (Å²) < 4.78 is 0. The van der Waals surface area contributed by atoms with Crippen LogP contribution in [0.25, 0.3) is 0 Å². The van der Waals surface area contributed by atoms with Crippen molar-refractivity contribution in [3.8, 4) is 0 Å². The topological polar surface area (TPSA) is 37.0 Å². The molecule has 3 atom stereocenters. The van der Waals surface area contributed by atoms with Crippen molar-refractivity contribution in [1.82, 2.24) is 0 Å². The fourth-order valence-electron chi connectivity index (χ4n) is 4.36. The molecule has 3 rings (SSSR count). The number of rotatable bonds is 1. The van der Waals surface area contributed by atoms with E-state index < -0.39 is 0 Å². The van der Waals surface area contributed by atoms with Crippen molar-refractivity contribution in [3.05, 3.63) is 0 Å². The van der Waals surface area contributed by atoms with Gasteiger partial charge in [-0.2, -0.15) is 0 Å². The maximum atomic E-state index is 8.91. The quantitative estimate of drug-likeness (QED) is 0.526. The second-order valence-corrected chi connectivity index (χ2v) is 6.33. The van der Waals surface area contributed by atoms with Gasteiger partial charge in [0.25, 0.3) is 0 Å². The zero-order valence-corrected chi connectivity index (χ0v) is 10.7. The van der Waals surface area contributed by atoms with Crippen LogP contribution in [0.1, 0.15) is 51.4 Å². The van der Waals surface area contributed by atoms with Crippen LogP contribution in [0.5, 0.6) is 0 Å². The molecule has 3 fully saturated rings. The van der Waals surface area contributed by atoms with Gasteiger partial charge in [-0.3, -0.25) is 0 Å². The van der Waals surface area contributed by atoms with Gasteiger partial charge in [0, 0.05) is 11.8 Å². The number of quaternary nitrogens is 1. The van der Waals surface area contributed by atoms with E-state index in [9.17, 15) is 0 Å². The predicted octanol–water partition coefficient (Wildman–Crippen LogP) is 1.46. The lowest BCUT2D eigenvalue weighted by Crippen LogP contribution is -3.14. The molecular formula is C14H25N2O+. The molecule has 96 valence electrons. The van der Waals surface area contributed by atoms with Crippen LogP contribution >= 0.6 is 0 Å². The van der Waals surface area contributed by atoms with Crippen molar-refractivity contribution < 1.29 is 10.1 Å². The minimum Gasteiger partial charge on any atom is -0.411 e. The SMILES string of the molecule is O/N=C1/CC[C@H]2C[NH+](C3CCCCC3)C[C@H]2C1. The largest absolute Gasteiger partial charge is 0.411 e. The molecule has 0 aromatic heterocycles. The summed E-state index contributed by atoms with van der Waals surface area (Å²) in [5, 5.41) is 12.4. The molecule has 3 heteroatoms. The summed E-state index contributed by atoms with van der Waals surface area (Å²) in [6, 6.07) is 0.948. The molecule has 17 heavy (non-hydrogen) atoms. The Morgan fingerprint density at radius 2 is 1.76 bits per heavy atom. The Balaban J connectivity index is 1.60. The summed E-state index contributed by atoms with van der Waals surface area (Å²) in [4.78, 5) is 1.87. The minimum absolute atomic E-state index is 0.812. The summed E-state index contributed by atoms with van der Waals surface area (Å²) in [6.45, 7) is 2.74. The number of nitrogens with zero attached hydrogens (tertiary/aromatic N) is 1. The lowest BCUT2D eigenvalue weighted by molar-refractivity contribution is -0.917. The molecule has 0 aromatic rings. The van der Waals surface area contributed by atoms with Crippen LogP contribution in [0.2, 0.25) is 0 Å². The van der Waals surface area contributed by atoms with Gasteiger partial charge in [-0.05, 0) is 44.9 Å². The Morgan fingerprint density at radius 1 is 1.00 bits per heavy atom. The molecule has 0 spiro atoms. The number of oxime groups is 1. The second-order valence-electron chi connectivity index (χ2n) is 6.33. The fourth-order valence-corrected chi connectivity index (χ4v) is 4.36. The average molecular weight is 237 g/mol. The normalized spacial score (nSPS) is 41.6. The van der Waals surface area contributed by atoms with E-state index in [1.807, 2.05) is 4.90 Å². The molecule has 3 nitrogen and oxygen atoms in total. The molecule has 0 radical (unpaired) electrons. The van der Waals surface area contributed by atoms with Crippen molar-refractivity contribution in [3.63, 3.8) is 0 Å². The second kappa shape index (κ2) is 4.97. The van der Waals surface area contributed by atoms with Crippen LogP contribution in [0.4, 0.5) is 0 Å². The molecule has 1 aliphatic heterocycles. The molecule has 1 saturated heterocycles. The fraction of sp³-hybridized carbons (Fsp3) is 0.929. The Kier molecular flexibility index (Phi) is 3.37. The van der Waals surface area contributed by atoms with Gasteiger partial charge in [-0.15, -0.1) is 0 Å². The van der Waals surface area contributed by atoms with Crippen molar-refractivity contribution in [2.45, 2.75) is 57.4 Å². The summed E-state index contributed by atoms with van der Waals surface area (Å²) in [5.41, 5.74) is 1.05. The van der Waals surface area contributed by atoms with Crippen molar-refractivity contribution in [2.24, 2.45) is 17.0 Å². The highest BCUT2D eigenvalue weighted by Crippen LogP contribution is 2.30. The smallest absolute Gasteiger partial charge is 0.0874 e. The number of nitrogens with one attached hydrogen (secondary N) is 1. The Morgan fingerprint density at radius 3 is 2.53 bits per heavy atom. The molecule has 2 aliphatic carbocycles. The Hall–Kier alpha value is -0.570. The lowest BCUT2D eigenvalue weighted by Gasteiger charge is -2.28. The van der Waals surface area contributed by atoms with Gasteiger partial charge < -0.3 is 10.1 Å². The van der Waals surface area contributed by atoms with Crippen LogP contribution < -0.4 is 4.90 Å². The Bertz CT molecular complexity index is 297. The maximum Gasteiger partial charge on any atom is 0.0874 e. The molecule has 1 unspecified atom stereocenters. The summed E-state index contributed by atoms with van der Waals surface area (Å²) in [6.07, 6.45) is 10.6. The van der Waals surface area contributed by atoms with E-state index >= 15 is 0 Å². The Labute approximate surface area is 104 Å². The summed E-state index contributed by atoms with van der Waals surface area (Å²) in [5.74, 6) is 1.73. The van der Waals surface area contributed by atoms with E-state index in [-0.39, 0.29) is 0 Å². The van der Waals surface area contributed by atoms with E-state index in [1.165, 1.54) is 51.6 Å². The molecule has 2 N–H and O–H groups in total. The lowest BCUT2D eigenvalue weighted by atomic mass is 9.81. The van der Waals surface area contributed by atoms with Crippen LogP contribution in [0.3, 0.4) is 0 Å². The molecule has 0 aromatic carbocycles. The van der Waals surface area contributed by atoms with Crippen molar-refractivity contribution >= 4 is 5.71 Å². The van der Waals surface area contributed by atoms with Gasteiger partial charge in [-0.25, -0.2) is 0 Å². The van der Waals surface area contributed by atoms with E-state index in [0.717, 1.165) is 36.4 Å². The minimum atomic E-state index is 0.812. The highest BCUT2D eigenvalue weighted by molar-refractivity contribution is 5.84. The van der Waals surface area contributed by atoms with Gasteiger partial charge in [0.15, 0.2) is 0 Å². The van der Waals surface area contributed by atoms with Gasteiger partial charge in [-0.1, -0.05) is 11.6 Å². The highest BCUT2D eigenvalue weighted by atomic mass is 16.4. The first-order valence-corrected chi connectivity index (χ1v) is 7.41. The first kappa shape index (κ1) is 11.5. The highest BCUT2D eigenvalue weighted by Gasteiger charge is 2.42. The standard InChI is InChI=1S/C14H24N2O/c17-15-13-7-6-11-9-16(10-12(11)8-13)14-4-2-1-3-5-14/h11-12,14,17H,1-10H2/p+1/b15-13-/t11-,12+/m0/s1. The van der Waals surface area contributed by atoms with Crippen LogP contribution in [0, 0.1) is 11.8 Å². The molecule has 3 aliphatic rings. The molecule has 1 heterocycles. The van der Waals surface area contributed by atoms with E-state index in [4.69, 9.17) is 5.21 Å². The van der Waals surface area contributed by atoms with Crippen molar-refractivity contribution in [1.29, 1.82) is 0 Å². The van der Waals surface area contributed by atoms with Crippen molar-refractivity contribution in [2.75, 3.05) is 13.1 Å². The number of hydrogen-bond acceptors (Lipinski definition) is 2.